The van der Waals surface area contributed by atoms with E-state index in [2.05, 4.69) is 4.98 Å². The summed E-state index contributed by atoms with van der Waals surface area (Å²) in [5.41, 5.74) is 2.75. The fraction of sp³-hybridized carbons (Fsp3) is 0.385. The molecule has 1 saturated heterocycles. The first kappa shape index (κ1) is 26.9. The Balaban J connectivity index is 1.68. The molecule has 0 radical (unpaired) electrons. The molecule has 0 bridgehead atoms. The van der Waals surface area contributed by atoms with Crippen LogP contribution in [0.5, 0.6) is 11.8 Å². The highest BCUT2D eigenvalue weighted by atomic mass is 16.6. The third-order valence-electron chi connectivity index (χ3n) is 7.12. The van der Waals surface area contributed by atoms with E-state index < -0.39 is 11.0 Å². The van der Waals surface area contributed by atoms with Gasteiger partial charge in [0.25, 0.3) is 0 Å². The maximum atomic E-state index is 13.8. The highest BCUT2D eigenvalue weighted by Gasteiger charge is 2.30. The summed E-state index contributed by atoms with van der Waals surface area (Å²) in [6.07, 6.45) is 1.48. The molecule has 1 amide bonds. The molecule has 4 aromatic rings. The quantitative estimate of drug-likeness (QED) is 0.258. The highest BCUT2D eigenvalue weighted by Crippen LogP contribution is 2.34. The summed E-state index contributed by atoms with van der Waals surface area (Å²) in [6, 6.07) is 6.49. The Labute approximate surface area is 228 Å². The van der Waals surface area contributed by atoms with Crippen LogP contribution in [0.2, 0.25) is 0 Å². The molecule has 1 aromatic carbocycles. The van der Waals surface area contributed by atoms with Crippen LogP contribution >= 0.6 is 0 Å². The smallest absolute Gasteiger partial charge is 0.429 e. The SMILES string of the molecule is COc1ccc(N(C(=O)Oc2ncc([N+](=O)[O-])n2C)c2cc3c(c(C)n2)n(C)c(=O)n3C2CCOCC2)c(C)c1. The van der Waals surface area contributed by atoms with Crippen LogP contribution in [0.1, 0.15) is 30.1 Å². The fourth-order valence-electron chi connectivity index (χ4n) is 5.10. The van der Waals surface area contributed by atoms with Gasteiger partial charge in [-0.15, -0.1) is 0 Å². The molecule has 3 aromatic heterocycles. The molecule has 5 rings (SSSR count). The van der Waals surface area contributed by atoms with Crippen molar-refractivity contribution < 1.29 is 23.9 Å². The number of anilines is 2. The number of rotatable bonds is 6. The summed E-state index contributed by atoms with van der Waals surface area (Å²) >= 11 is 0. The van der Waals surface area contributed by atoms with Crippen LogP contribution < -0.4 is 20.1 Å². The summed E-state index contributed by atoms with van der Waals surface area (Å²) in [5.74, 6) is 0.457. The normalized spacial score (nSPS) is 13.9. The van der Waals surface area contributed by atoms with E-state index in [0.29, 0.717) is 59.8 Å². The lowest BCUT2D eigenvalue weighted by Crippen LogP contribution is -2.31. The van der Waals surface area contributed by atoms with Crippen LogP contribution in [0.15, 0.2) is 35.3 Å². The third-order valence-corrected chi connectivity index (χ3v) is 7.12. The fourth-order valence-corrected chi connectivity index (χ4v) is 5.10. The maximum Gasteiger partial charge on any atom is 0.429 e. The Morgan fingerprint density at radius 3 is 2.52 bits per heavy atom. The molecule has 1 fully saturated rings. The Morgan fingerprint density at radius 2 is 1.90 bits per heavy atom. The minimum absolute atomic E-state index is 0.0733. The van der Waals surface area contributed by atoms with E-state index in [1.54, 1.807) is 54.3 Å². The van der Waals surface area contributed by atoms with Gasteiger partial charge in [-0.2, -0.15) is 9.55 Å². The first-order chi connectivity index (χ1) is 19.1. The van der Waals surface area contributed by atoms with Gasteiger partial charge in [-0.25, -0.2) is 19.5 Å². The van der Waals surface area contributed by atoms with Crippen LogP contribution in [-0.4, -0.2) is 55.0 Å². The monoisotopic (exact) mass is 551 g/mol. The number of imidazole rings is 2. The number of aromatic nitrogens is 5. The third kappa shape index (κ3) is 4.55. The molecule has 4 heterocycles. The van der Waals surface area contributed by atoms with Gasteiger partial charge in [0.1, 0.15) is 17.8 Å². The van der Waals surface area contributed by atoms with Crippen molar-refractivity contribution >= 4 is 34.4 Å². The summed E-state index contributed by atoms with van der Waals surface area (Å²) in [6.45, 7) is 4.66. The molecule has 14 nitrogen and oxygen atoms in total. The van der Waals surface area contributed by atoms with Crippen molar-refractivity contribution in [3.63, 3.8) is 0 Å². The van der Waals surface area contributed by atoms with Crippen molar-refractivity contribution in [3.05, 3.63) is 62.3 Å². The van der Waals surface area contributed by atoms with Crippen LogP contribution in [0.3, 0.4) is 0 Å². The van der Waals surface area contributed by atoms with E-state index >= 15 is 0 Å². The summed E-state index contributed by atoms with van der Waals surface area (Å²) < 4.78 is 20.8. The number of hydrogen-bond acceptors (Lipinski definition) is 9. The van der Waals surface area contributed by atoms with Gasteiger partial charge in [-0.1, -0.05) is 0 Å². The van der Waals surface area contributed by atoms with Gasteiger partial charge in [-0.05, 0) is 55.4 Å². The van der Waals surface area contributed by atoms with Crippen molar-refractivity contribution in [3.8, 4) is 11.8 Å². The second-order valence-electron chi connectivity index (χ2n) is 9.56. The second-order valence-corrected chi connectivity index (χ2v) is 9.56. The molecule has 0 unspecified atom stereocenters. The Kier molecular flexibility index (Phi) is 7.02. The summed E-state index contributed by atoms with van der Waals surface area (Å²) in [7, 11) is 4.61. The molecular weight excluding hydrogens is 522 g/mol. The average Bonchev–Trinajstić information content (AvgIpc) is 3.41. The molecule has 1 aliphatic rings. The maximum absolute atomic E-state index is 13.8. The van der Waals surface area contributed by atoms with Crippen molar-refractivity contribution in [1.29, 1.82) is 0 Å². The van der Waals surface area contributed by atoms with E-state index in [4.69, 9.17) is 19.2 Å². The molecule has 0 aliphatic carbocycles. The number of hydrogen-bond donors (Lipinski definition) is 0. The Morgan fingerprint density at radius 1 is 1.18 bits per heavy atom. The van der Waals surface area contributed by atoms with Crippen LogP contribution in [0.4, 0.5) is 22.1 Å². The van der Waals surface area contributed by atoms with E-state index in [0.717, 1.165) is 10.8 Å². The topological polar surface area (TPSA) is 149 Å². The largest absolute Gasteiger partial charge is 0.497 e. The number of fused-ring (bicyclic) bond motifs is 1. The highest BCUT2D eigenvalue weighted by molar-refractivity contribution is 5.98. The van der Waals surface area contributed by atoms with Crippen molar-refractivity contribution in [2.45, 2.75) is 32.7 Å². The van der Waals surface area contributed by atoms with Crippen molar-refractivity contribution in [2.24, 2.45) is 14.1 Å². The first-order valence-electron chi connectivity index (χ1n) is 12.6. The first-order valence-corrected chi connectivity index (χ1v) is 12.6. The summed E-state index contributed by atoms with van der Waals surface area (Å²) in [5, 5.41) is 11.3. The minimum atomic E-state index is -0.890. The van der Waals surface area contributed by atoms with E-state index in [1.807, 2.05) is 0 Å². The van der Waals surface area contributed by atoms with Gasteiger partial charge in [0, 0.05) is 32.4 Å². The lowest BCUT2D eigenvalue weighted by atomic mass is 10.1. The lowest BCUT2D eigenvalue weighted by molar-refractivity contribution is -0.391. The number of amides is 1. The predicted octanol–water partition coefficient (Wildman–Crippen LogP) is 3.69. The molecule has 0 saturated carbocycles. The van der Waals surface area contributed by atoms with Crippen molar-refractivity contribution in [1.82, 2.24) is 23.7 Å². The number of carbonyl (C=O) groups excluding carboxylic acids is 1. The standard InChI is InChI=1S/C26H29N7O7/c1-15-12-18(38-5)6-7-19(15)32(26(35)40-24-27-14-22(29(24)3)33(36)37)21-13-20-23(16(2)28-21)30(4)25(34)31(20)17-8-10-39-11-9-17/h6-7,12-14,17H,8-11H2,1-5H3. The van der Waals surface area contributed by atoms with Crippen LogP contribution in [0, 0.1) is 24.0 Å². The Bertz CT molecular complexity index is 1680. The zero-order valence-corrected chi connectivity index (χ0v) is 22.8. The Hall–Kier alpha value is -4.72. The molecule has 1 aliphatic heterocycles. The molecule has 210 valence electrons. The number of benzene rings is 1. The van der Waals surface area contributed by atoms with E-state index in [9.17, 15) is 19.7 Å². The predicted molar refractivity (Wildman–Crippen MR) is 145 cm³/mol. The zero-order chi connectivity index (χ0) is 28.7. The molecule has 40 heavy (non-hydrogen) atoms. The number of ether oxygens (including phenoxy) is 3. The molecule has 0 spiro atoms. The zero-order valence-electron chi connectivity index (χ0n) is 22.8. The minimum Gasteiger partial charge on any atom is -0.497 e. The van der Waals surface area contributed by atoms with Gasteiger partial charge < -0.3 is 24.3 Å². The molecule has 0 atom stereocenters. The molecule has 14 heteroatoms. The lowest BCUT2D eigenvalue weighted by Gasteiger charge is -2.25. The number of carbonyl (C=O) groups is 1. The van der Waals surface area contributed by atoms with Crippen LogP contribution in [0.25, 0.3) is 11.0 Å². The number of nitro groups is 1. The van der Waals surface area contributed by atoms with Gasteiger partial charge >= 0.3 is 23.6 Å². The van der Waals surface area contributed by atoms with Gasteiger partial charge in [0.05, 0.1) is 36.6 Å². The van der Waals surface area contributed by atoms with E-state index in [1.165, 1.54) is 19.1 Å². The van der Waals surface area contributed by atoms with Crippen molar-refractivity contribution in [2.75, 3.05) is 25.2 Å². The average molecular weight is 552 g/mol. The number of aryl methyl sites for hydroxylation is 3. The van der Waals surface area contributed by atoms with Gasteiger partial charge in [-0.3, -0.25) is 9.13 Å². The number of methoxy groups -OCH3 is 1. The number of pyridine rings is 1. The molecule has 0 N–H and O–H groups in total. The molecular formula is C26H29N7O7. The van der Waals surface area contributed by atoms with Gasteiger partial charge in [0.15, 0.2) is 0 Å². The second kappa shape index (κ2) is 10.4. The summed E-state index contributed by atoms with van der Waals surface area (Å²) in [4.78, 5) is 47.7. The van der Waals surface area contributed by atoms with E-state index in [-0.39, 0.29) is 29.4 Å². The number of nitrogens with zero attached hydrogens (tertiary/aromatic N) is 7. The van der Waals surface area contributed by atoms with Crippen LogP contribution in [-0.2, 0) is 18.8 Å². The van der Waals surface area contributed by atoms with Gasteiger partial charge in [0.2, 0.25) is 0 Å².